The SMILES string of the molecule is CC(C)(C)C1CCC(NC(=O)NCc2ccc3c(c2)CN(C2CCC(=O)NC2=O)C3=O)CC1. The smallest absolute Gasteiger partial charge is 0.315 e. The number of hydrogen-bond donors (Lipinski definition) is 3. The van der Waals surface area contributed by atoms with Crippen LogP contribution in [0.4, 0.5) is 4.79 Å². The average molecular weight is 455 g/mol. The molecule has 5 amide bonds. The second-order valence-electron chi connectivity index (χ2n) is 10.6. The van der Waals surface area contributed by atoms with Gasteiger partial charge in [0.1, 0.15) is 6.04 Å². The molecule has 0 spiro atoms. The van der Waals surface area contributed by atoms with Crippen molar-refractivity contribution in [3.8, 4) is 0 Å². The molecule has 0 aromatic heterocycles. The predicted octanol–water partition coefficient (Wildman–Crippen LogP) is 2.85. The Hall–Kier alpha value is -2.90. The molecule has 1 unspecified atom stereocenters. The van der Waals surface area contributed by atoms with Gasteiger partial charge in [0.25, 0.3) is 5.91 Å². The first-order chi connectivity index (χ1) is 15.6. The van der Waals surface area contributed by atoms with E-state index < -0.39 is 11.9 Å². The molecule has 2 heterocycles. The minimum absolute atomic E-state index is 0.170. The van der Waals surface area contributed by atoms with Crippen LogP contribution in [0.2, 0.25) is 0 Å². The van der Waals surface area contributed by atoms with Gasteiger partial charge in [-0.15, -0.1) is 0 Å². The number of hydrogen-bond acceptors (Lipinski definition) is 4. The molecule has 1 saturated carbocycles. The minimum atomic E-state index is -0.622. The lowest BCUT2D eigenvalue weighted by molar-refractivity contribution is -0.136. The van der Waals surface area contributed by atoms with Crippen LogP contribution in [0.25, 0.3) is 0 Å². The standard InChI is InChI=1S/C25H34N4O4/c1-25(2,3)17-5-7-18(8-6-17)27-24(33)26-13-15-4-9-19-16(12-15)14-29(23(19)32)20-10-11-21(30)28-22(20)31/h4,9,12,17-18,20H,5-8,10-11,13-14H2,1-3H3,(H2,26,27,33)(H,28,30,31). The zero-order chi connectivity index (χ0) is 23.8. The Balaban J connectivity index is 1.28. The van der Waals surface area contributed by atoms with E-state index in [4.69, 9.17) is 0 Å². The van der Waals surface area contributed by atoms with Gasteiger partial charge in [-0.2, -0.15) is 0 Å². The van der Waals surface area contributed by atoms with Gasteiger partial charge >= 0.3 is 6.03 Å². The van der Waals surface area contributed by atoms with Crippen LogP contribution in [-0.4, -0.2) is 40.7 Å². The van der Waals surface area contributed by atoms with Crippen molar-refractivity contribution in [2.45, 2.75) is 84.5 Å². The number of imide groups is 1. The highest BCUT2D eigenvalue weighted by atomic mass is 16.2. The van der Waals surface area contributed by atoms with Crippen molar-refractivity contribution in [2.75, 3.05) is 0 Å². The minimum Gasteiger partial charge on any atom is -0.335 e. The topological polar surface area (TPSA) is 108 Å². The molecule has 2 fully saturated rings. The van der Waals surface area contributed by atoms with Crippen LogP contribution in [0.3, 0.4) is 0 Å². The summed E-state index contributed by atoms with van der Waals surface area (Å²) in [5, 5.41) is 8.34. The molecule has 3 N–H and O–H groups in total. The molecule has 0 bridgehead atoms. The molecule has 8 heteroatoms. The third-order valence-corrected chi connectivity index (χ3v) is 7.33. The van der Waals surface area contributed by atoms with Crippen LogP contribution >= 0.6 is 0 Å². The molecule has 8 nitrogen and oxygen atoms in total. The number of urea groups is 1. The summed E-state index contributed by atoms with van der Waals surface area (Å²) in [6.45, 7) is 7.55. The Bertz CT molecular complexity index is 960. The second kappa shape index (κ2) is 9.15. The first kappa shape index (κ1) is 23.3. The lowest BCUT2D eigenvalue weighted by atomic mass is 9.71. The molecular weight excluding hydrogens is 420 g/mol. The van der Waals surface area contributed by atoms with Gasteiger partial charge in [-0.05, 0) is 60.6 Å². The molecule has 1 aromatic rings. The number of rotatable bonds is 4. The summed E-state index contributed by atoms with van der Waals surface area (Å²) in [5.41, 5.74) is 2.63. The Morgan fingerprint density at radius 3 is 2.48 bits per heavy atom. The normalized spacial score (nSPS) is 25.5. The van der Waals surface area contributed by atoms with E-state index in [1.54, 1.807) is 6.07 Å². The van der Waals surface area contributed by atoms with Gasteiger partial charge < -0.3 is 15.5 Å². The highest BCUT2D eigenvalue weighted by molar-refractivity contribution is 6.05. The molecular formula is C25H34N4O4. The molecule has 4 rings (SSSR count). The summed E-state index contributed by atoms with van der Waals surface area (Å²) in [6.07, 6.45) is 4.86. The number of carbonyl (C=O) groups excluding carboxylic acids is 4. The van der Waals surface area contributed by atoms with E-state index >= 15 is 0 Å². The number of benzene rings is 1. The molecule has 3 aliphatic rings. The van der Waals surface area contributed by atoms with Crippen molar-refractivity contribution >= 4 is 23.8 Å². The summed E-state index contributed by atoms with van der Waals surface area (Å²) in [7, 11) is 0. The van der Waals surface area contributed by atoms with E-state index in [0.717, 1.165) is 36.8 Å². The van der Waals surface area contributed by atoms with Crippen molar-refractivity contribution in [1.29, 1.82) is 0 Å². The first-order valence-corrected chi connectivity index (χ1v) is 11.9. The van der Waals surface area contributed by atoms with Gasteiger partial charge in [0.2, 0.25) is 11.8 Å². The number of nitrogens with one attached hydrogen (secondary N) is 3. The van der Waals surface area contributed by atoms with Gasteiger partial charge in [-0.1, -0.05) is 32.9 Å². The molecule has 33 heavy (non-hydrogen) atoms. The monoisotopic (exact) mass is 454 g/mol. The van der Waals surface area contributed by atoms with Crippen molar-refractivity contribution < 1.29 is 19.2 Å². The van der Waals surface area contributed by atoms with Crippen molar-refractivity contribution in [2.24, 2.45) is 11.3 Å². The maximum Gasteiger partial charge on any atom is 0.315 e. The van der Waals surface area contributed by atoms with E-state index in [1.807, 2.05) is 12.1 Å². The van der Waals surface area contributed by atoms with Gasteiger partial charge in [-0.3, -0.25) is 19.7 Å². The van der Waals surface area contributed by atoms with Crippen LogP contribution in [0.15, 0.2) is 18.2 Å². The van der Waals surface area contributed by atoms with Crippen molar-refractivity contribution in [1.82, 2.24) is 20.9 Å². The second-order valence-corrected chi connectivity index (χ2v) is 10.6. The van der Waals surface area contributed by atoms with Crippen LogP contribution in [-0.2, 0) is 22.7 Å². The Kier molecular flexibility index (Phi) is 6.45. The molecule has 0 radical (unpaired) electrons. The van der Waals surface area contributed by atoms with E-state index in [0.29, 0.717) is 36.4 Å². The summed E-state index contributed by atoms with van der Waals surface area (Å²) in [5.74, 6) is -0.202. The van der Waals surface area contributed by atoms with Gasteiger partial charge in [0, 0.05) is 31.1 Å². The highest BCUT2D eigenvalue weighted by Gasteiger charge is 2.39. The van der Waals surface area contributed by atoms with E-state index in [9.17, 15) is 19.2 Å². The summed E-state index contributed by atoms with van der Waals surface area (Å²) in [4.78, 5) is 50.3. The fraction of sp³-hybridized carbons (Fsp3) is 0.600. The van der Waals surface area contributed by atoms with Gasteiger partial charge in [-0.25, -0.2) is 4.79 Å². The van der Waals surface area contributed by atoms with Crippen LogP contribution in [0, 0.1) is 11.3 Å². The Labute approximate surface area is 194 Å². The van der Waals surface area contributed by atoms with E-state index in [-0.39, 0.29) is 30.3 Å². The highest BCUT2D eigenvalue weighted by Crippen LogP contribution is 2.37. The molecule has 2 aliphatic heterocycles. The van der Waals surface area contributed by atoms with E-state index in [2.05, 4.69) is 36.7 Å². The summed E-state index contributed by atoms with van der Waals surface area (Å²) < 4.78 is 0. The zero-order valence-electron chi connectivity index (χ0n) is 19.7. The largest absolute Gasteiger partial charge is 0.335 e. The van der Waals surface area contributed by atoms with Gasteiger partial charge in [0.05, 0.1) is 0 Å². The lowest BCUT2D eigenvalue weighted by Gasteiger charge is -2.37. The third kappa shape index (κ3) is 5.20. The summed E-state index contributed by atoms with van der Waals surface area (Å²) in [6, 6.07) is 4.92. The predicted molar refractivity (Wildman–Crippen MR) is 123 cm³/mol. The molecule has 1 aliphatic carbocycles. The fourth-order valence-corrected chi connectivity index (χ4v) is 5.26. The number of piperidine rings is 1. The Morgan fingerprint density at radius 2 is 1.82 bits per heavy atom. The quantitative estimate of drug-likeness (QED) is 0.608. The Morgan fingerprint density at radius 1 is 1.09 bits per heavy atom. The van der Waals surface area contributed by atoms with E-state index in [1.165, 1.54) is 4.90 Å². The maximum atomic E-state index is 12.8. The lowest BCUT2D eigenvalue weighted by Crippen LogP contribution is -2.52. The number of carbonyl (C=O) groups is 4. The molecule has 1 atom stereocenters. The number of fused-ring (bicyclic) bond motifs is 1. The first-order valence-electron chi connectivity index (χ1n) is 11.9. The van der Waals surface area contributed by atoms with Crippen LogP contribution in [0.1, 0.15) is 80.8 Å². The van der Waals surface area contributed by atoms with Crippen LogP contribution in [0.5, 0.6) is 0 Å². The number of amides is 5. The molecule has 1 aromatic carbocycles. The van der Waals surface area contributed by atoms with Crippen molar-refractivity contribution in [3.05, 3.63) is 34.9 Å². The third-order valence-electron chi connectivity index (χ3n) is 7.33. The van der Waals surface area contributed by atoms with Gasteiger partial charge in [0.15, 0.2) is 0 Å². The fourth-order valence-electron chi connectivity index (χ4n) is 5.26. The van der Waals surface area contributed by atoms with Crippen molar-refractivity contribution in [3.63, 3.8) is 0 Å². The van der Waals surface area contributed by atoms with Crippen LogP contribution < -0.4 is 16.0 Å². The summed E-state index contributed by atoms with van der Waals surface area (Å²) >= 11 is 0. The molecule has 178 valence electrons. The zero-order valence-corrected chi connectivity index (χ0v) is 19.7. The molecule has 1 saturated heterocycles. The number of nitrogens with zero attached hydrogens (tertiary/aromatic N) is 1. The average Bonchev–Trinajstić information content (AvgIpc) is 3.07. The maximum absolute atomic E-state index is 12.8.